The molecule has 4 atom stereocenters. The van der Waals surface area contributed by atoms with E-state index in [4.69, 9.17) is 0 Å². The van der Waals surface area contributed by atoms with Crippen LogP contribution in [0, 0.1) is 17.8 Å². The Labute approximate surface area is 68.8 Å². The number of hydrogen-bond donors (Lipinski definition) is 1. The molecule has 2 aliphatic carbocycles. The van der Waals surface area contributed by atoms with Crippen molar-refractivity contribution in [1.82, 2.24) is 0 Å². The molecule has 1 heteroatoms. The molecule has 0 radical (unpaired) electrons. The van der Waals surface area contributed by atoms with Gasteiger partial charge in [0.15, 0.2) is 0 Å². The lowest BCUT2D eigenvalue weighted by molar-refractivity contribution is 0.0330. The van der Waals surface area contributed by atoms with E-state index in [2.05, 4.69) is 6.92 Å². The molecule has 0 aliphatic heterocycles. The molecule has 2 aliphatic rings. The fourth-order valence-corrected chi connectivity index (χ4v) is 2.91. The van der Waals surface area contributed by atoms with Gasteiger partial charge < -0.3 is 5.11 Å². The molecule has 64 valence electrons. The standard InChI is InChI=1S/C10H18O/c1-7-5-8-3-2-4-9(8)6-10(7)11/h7-11H,2-6H2,1H3/t7-,8-,9-,10-/m0/s1. The highest BCUT2D eigenvalue weighted by atomic mass is 16.3. The molecule has 0 spiro atoms. The summed E-state index contributed by atoms with van der Waals surface area (Å²) in [7, 11) is 0. The van der Waals surface area contributed by atoms with Crippen LogP contribution < -0.4 is 0 Å². The summed E-state index contributed by atoms with van der Waals surface area (Å²) in [5.74, 6) is 2.41. The van der Waals surface area contributed by atoms with Crippen LogP contribution in [-0.4, -0.2) is 11.2 Å². The Bertz CT molecular complexity index is 128. The maximum atomic E-state index is 9.62. The summed E-state index contributed by atoms with van der Waals surface area (Å²) in [6.07, 6.45) is 6.61. The second kappa shape index (κ2) is 2.78. The first-order chi connectivity index (χ1) is 5.27. The monoisotopic (exact) mass is 154 g/mol. The molecule has 0 heterocycles. The summed E-state index contributed by atoms with van der Waals surface area (Å²) in [5, 5.41) is 9.62. The summed E-state index contributed by atoms with van der Waals surface area (Å²) in [6.45, 7) is 2.19. The number of hydrogen-bond acceptors (Lipinski definition) is 1. The van der Waals surface area contributed by atoms with Crippen LogP contribution in [-0.2, 0) is 0 Å². The van der Waals surface area contributed by atoms with E-state index >= 15 is 0 Å². The fourth-order valence-electron chi connectivity index (χ4n) is 2.91. The smallest absolute Gasteiger partial charge is 0.0568 e. The third-order valence-corrected chi connectivity index (χ3v) is 3.69. The molecule has 1 nitrogen and oxygen atoms in total. The van der Waals surface area contributed by atoms with Crippen molar-refractivity contribution in [3.63, 3.8) is 0 Å². The second-order valence-electron chi connectivity index (χ2n) is 4.47. The van der Waals surface area contributed by atoms with Crippen molar-refractivity contribution in [1.29, 1.82) is 0 Å². The molecule has 0 saturated heterocycles. The van der Waals surface area contributed by atoms with Crippen molar-refractivity contribution in [2.24, 2.45) is 17.8 Å². The van der Waals surface area contributed by atoms with Crippen LogP contribution >= 0.6 is 0 Å². The van der Waals surface area contributed by atoms with Gasteiger partial charge in [-0.3, -0.25) is 0 Å². The molecule has 0 aromatic rings. The van der Waals surface area contributed by atoms with Crippen LogP contribution in [0.5, 0.6) is 0 Å². The van der Waals surface area contributed by atoms with Crippen LogP contribution in [0.15, 0.2) is 0 Å². The minimum atomic E-state index is 0.00866. The Kier molecular flexibility index (Phi) is 1.92. The molecule has 0 bridgehead atoms. The number of rotatable bonds is 0. The average molecular weight is 154 g/mol. The molecule has 11 heavy (non-hydrogen) atoms. The van der Waals surface area contributed by atoms with E-state index in [1.54, 1.807) is 0 Å². The predicted octanol–water partition coefficient (Wildman–Crippen LogP) is 2.19. The normalized spacial score (nSPS) is 50.7. The number of fused-ring (bicyclic) bond motifs is 1. The second-order valence-corrected chi connectivity index (χ2v) is 4.47. The first-order valence-corrected chi connectivity index (χ1v) is 4.95. The molecule has 2 saturated carbocycles. The van der Waals surface area contributed by atoms with Gasteiger partial charge in [0.2, 0.25) is 0 Å². The van der Waals surface area contributed by atoms with Crippen LogP contribution in [0.25, 0.3) is 0 Å². The summed E-state index contributed by atoms with van der Waals surface area (Å²) < 4.78 is 0. The average Bonchev–Trinajstić information content (AvgIpc) is 2.36. The van der Waals surface area contributed by atoms with E-state index in [0.717, 1.165) is 18.3 Å². The first-order valence-electron chi connectivity index (χ1n) is 4.95. The van der Waals surface area contributed by atoms with E-state index in [1.165, 1.54) is 25.7 Å². The van der Waals surface area contributed by atoms with E-state index < -0.39 is 0 Å². The SMILES string of the molecule is C[C@H]1C[C@@H]2CCC[C@H]2C[C@@H]1O. The Morgan fingerprint density at radius 3 is 2.45 bits per heavy atom. The first kappa shape index (κ1) is 7.60. The third-order valence-electron chi connectivity index (χ3n) is 3.69. The van der Waals surface area contributed by atoms with Crippen molar-refractivity contribution in [3.05, 3.63) is 0 Å². The summed E-state index contributed by atoms with van der Waals surface area (Å²) >= 11 is 0. The van der Waals surface area contributed by atoms with Gasteiger partial charge >= 0.3 is 0 Å². The summed E-state index contributed by atoms with van der Waals surface area (Å²) in [4.78, 5) is 0. The lowest BCUT2D eigenvalue weighted by Gasteiger charge is -2.33. The quantitative estimate of drug-likeness (QED) is 0.567. The van der Waals surface area contributed by atoms with Crippen LogP contribution in [0.2, 0.25) is 0 Å². The Balaban J connectivity index is 2.00. The fraction of sp³-hybridized carbons (Fsp3) is 1.00. The van der Waals surface area contributed by atoms with Gasteiger partial charge in [0.1, 0.15) is 0 Å². The van der Waals surface area contributed by atoms with E-state index in [-0.39, 0.29) is 6.10 Å². The molecular formula is C10H18O. The topological polar surface area (TPSA) is 20.2 Å². The van der Waals surface area contributed by atoms with Crippen molar-refractivity contribution in [2.75, 3.05) is 0 Å². The highest BCUT2D eigenvalue weighted by Crippen LogP contribution is 2.43. The zero-order valence-corrected chi connectivity index (χ0v) is 7.29. The Morgan fingerprint density at radius 1 is 1.09 bits per heavy atom. The Morgan fingerprint density at radius 2 is 1.73 bits per heavy atom. The number of aliphatic hydroxyl groups excluding tert-OH is 1. The van der Waals surface area contributed by atoms with Crippen molar-refractivity contribution in [3.8, 4) is 0 Å². The molecule has 2 fully saturated rings. The number of aliphatic hydroxyl groups is 1. The molecule has 0 amide bonds. The van der Waals surface area contributed by atoms with E-state index in [1.807, 2.05) is 0 Å². The zero-order chi connectivity index (χ0) is 7.84. The largest absolute Gasteiger partial charge is 0.393 e. The Hall–Kier alpha value is -0.0400. The minimum Gasteiger partial charge on any atom is -0.393 e. The summed E-state index contributed by atoms with van der Waals surface area (Å²) in [6, 6.07) is 0. The van der Waals surface area contributed by atoms with Gasteiger partial charge in [-0.05, 0) is 30.6 Å². The molecule has 0 aromatic carbocycles. The van der Waals surface area contributed by atoms with Gasteiger partial charge in [0.25, 0.3) is 0 Å². The van der Waals surface area contributed by atoms with Crippen LogP contribution in [0.1, 0.15) is 39.0 Å². The van der Waals surface area contributed by atoms with Gasteiger partial charge in [0.05, 0.1) is 6.10 Å². The maximum Gasteiger partial charge on any atom is 0.0568 e. The lowest BCUT2D eigenvalue weighted by Crippen LogP contribution is -2.31. The predicted molar refractivity (Wildman–Crippen MR) is 45.2 cm³/mol. The van der Waals surface area contributed by atoms with Gasteiger partial charge in [0, 0.05) is 0 Å². The molecule has 0 aromatic heterocycles. The van der Waals surface area contributed by atoms with E-state index in [9.17, 15) is 5.11 Å². The van der Waals surface area contributed by atoms with Crippen molar-refractivity contribution in [2.45, 2.75) is 45.1 Å². The van der Waals surface area contributed by atoms with Crippen molar-refractivity contribution >= 4 is 0 Å². The highest BCUT2D eigenvalue weighted by molar-refractivity contribution is 4.87. The van der Waals surface area contributed by atoms with Crippen molar-refractivity contribution < 1.29 is 5.11 Å². The molecule has 1 N–H and O–H groups in total. The zero-order valence-electron chi connectivity index (χ0n) is 7.29. The molecule has 2 rings (SSSR count). The lowest BCUT2D eigenvalue weighted by atomic mass is 9.75. The van der Waals surface area contributed by atoms with E-state index in [0.29, 0.717) is 5.92 Å². The molecule has 0 unspecified atom stereocenters. The van der Waals surface area contributed by atoms with Gasteiger partial charge in [-0.25, -0.2) is 0 Å². The van der Waals surface area contributed by atoms with Crippen LogP contribution in [0.3, 0.4) is 0 Å². The van der Waals surface area contributed by atoms with Gasteiger partial charge in [-0.1, -0.05) is 26.2 Å². The maximum absolute atomic E-state index is 9.62. The van der Waals surface area contributed by atoms with Crippen LogP contribution in [0.4, 0.5) is 0 Å². The minimum absolute atomic E-state index is 0.00866. The third kappa shape index (κ3) is 1.31. The highest BCUT2D eigenvalue weighted by Gasteiger charge is 2.36. The summed E-state index contributed by atoms with van der Waals surface area (Å²) in [5.41, 5.74) is 0. The molecular weight excluding hydrogens is 136 g/mol. The van der Waals surface area contributed by atoms with Gasteiger partial charge in [-0.2, -0.15) is 0 Å². The van der Waals surface area contributed by atoms with Gasteiger partial charge in [-0.15, -0.1) is 0 Å².